The molecule has 8 nitrogen and oxygen atoms in total. The second-order valence-corrected chi connectivity index (χ2v) is 7.46. The molecule has 0 aromatic heterocycles. The Bertz CT molecular complexity index is 1030. The third kappa shape index (κ3) is 3.58. The van der Waals surface area contributed by atoms with Crippen LogP contribution in [0.25, 0.3) is 0 Å². The van der Waals surface area contributed by atoms with Crippen molar-refractivity contribution in [3.63, 3.8) is 0 Å². The van der Waals surface area contributed by atoms with Gasteiger partial charge in [0.05, 0.1) is 33.1 Å². The molecule has 2 aliphatic heterocycles. The van der Waals surface area contributed by atoms with Crippen molar-refractivity contribution in [2.45, 2.75) is 12.5 Å². The number of hydrogen-bond acceptors (Lipinski definition) is 7. The first kappa shape index (κ1) is 18.5. The fraction of sp³-hybridized carbons (Fsp3) is 0.167. The van der Waals surface area contributed by atoms with Gasteiger partial charge in [0.25, 0.3) is 5.69 Å². The van der Waals surface area contributed by atoms with Crippen LogP contribution in [0.5, 0.6) is 0 Å². The van der Waals surface area contributed by atoms with Crippen LogP contribution in [0, 0.1) is 10.1 Å². The molecule has 0 radical (unpaired) electrons. The van der Waals surface area contributed by atoms with Gasteiger partial charge in [0.2, 0.25) is 5.91 Å². The van der Waals surface area contributed by atoms with Gasteiger partial charge in [-0.2, -0.15) is 5.10 Å². The number of halogens is 1. The van der Waals surface area contributed by atoms with Crippen LogP contribution in [0.2, 0.25) is 5.02 Å². The Morgan fingerprint density at radius 3 is 3.00 bits per heavy atom. The van der Waals surface area contributed by atoms with E-state index in [0.29, 0.717) is 5.17 Å². The number of nitrogens with one attached hydrogen (secondary N) is 1. The molecule has 2 heterocycles. The van der Waals surface area contributed by atoms with Crippen LogP contribution >= 0.6 is 23.4 Å². The van der Waals surface area contributed by atoms with Gasteiger partial charge in [-0.3, -0.25) is 14.9 Å². The Morgan fingerprint density at radius 2 is 2.18 bits per heavy atom. The highest BCUT2D eigenvalue weighted by atomic mass is 35.5. The number of carbonyl (C=O) groups is 1. The number of amidine groups is 1. The number of fused-ring (bicyclic) bond motifs is 3. The molecule has 0 fully saturated rings. The summed E-state index contributed by atoms with van der Waals surface area (Å²) in [4.78, 5) is 27.3. The molecule has 2 aromatic carbocycles. The molecule has 0 saturated carbocycles. The zero-order chi connectivity index (χ0) is 19.7. The molecule has 0 aliphatic carbocycles. The molecule has 10 heteroatoms. The summed E-state index contributed by atoms with van der Waals surface area (Å²) in [5.74, 6) is -0.271. The average molecular weight is 416 g/mol. The van der Waals surface area contributed by atoms with E-state index < -0.39 is 4.92 Å². The summed E-state index contributed by atoms with van der Waals surface area (Å²) in [6.07, 6.45) is 2.62. The summed E-state index contributed by atoms with van der Waals surface area (Å²) in [5, 5.41) is 20.6. The zero-order valence-electron chi connectivity index (χ0n) is 14.4. The number of anilines is 1. The summed E-state index contributed by atoms with van der Waals surface area (Å²) < 4.78 is 0. The molecular weight excluding hydrogens is 402 g/mol. The molecule has 1 amide bonds. The number of hydrogen-bond donors (Lipinski definition) is 1. The lowest BCUT2D eigenvalue weighted by molar-refractivity contribution is -0.384. The molecular formula is C18H14ClN5O3S. The van der Waals surface area contributed by atoms with E-state index in [1.165, 1.54) is 30.0 Å². The maximum Gasteiger partial charge on any atom is 0.271 e. The van der Waals surface area contributed by atoms with Crippen molar-refractivity contribution in [2.24, 2.45) is 10.1 Å². The maximum absolute atomic E-state index is 12.4. The van der Waals surface area contributed by atoms with Gasteiger partial charge in [-0.15, -0.1) is 0 Å². The fourth-order valence-electron chi connectivity index (χ4n) is 3.02. The second-order valence-electron chi connectivity index (χ2n) is 6.11. The van der Waals surface area contributed by atoms with Crippen LogP contribution in [-0.4, -0.2) is 33.0 Å². The largest absolute Gasteiger partial charge is 0.324 e. The van der Waals surface area contributed by atoms with Crippen molar-refractivity contribution in [1.82, 2.24) is 5.01 Å². The van der Waals surface area contributed by atoms with Crippen molar-refractivity contribution in [1.29, 1.82) is 0 Å². The number of rotatable bonds is 4. The Morgan fingerprint density at radius 1 is 1.36 bits per heavy atom. The van der Waals surface area contributed by atoms with E-state index >= 15 is 0 Å². The number of benzene rings is 2. The van der Waals surface area contributed by atoms with Gasteiger partial charge < -0.3 is 5.32 Å². The Labute approximate surface area is 169 Å². The summed E-state index contributed by atoms with van der Waals surface area (Å²) >= 11 is 7.28. The molecule has 142 valence electrons. The predicted octanol–water partition coefficient (Wildman–Crippen LogP) is 4.35. The summed E-state index contributed by atoms with van der Waals surface area (Å²) in [7, 11) is 0. The first-order valence-electron chi connectivity index (χ1n) is 8.39. The molecule has 0 spiro atoms. The van der Waals surface area contributed by atoms with E-state index in [2.05, 4.69) is 15.4 Å². The minimum Gasteiger partial charge on any atom is -0.324 e. The van der Waals surface area contributed by atoms with Gasteiger partial charge >= 0.3 is 0 Å². The van der Waals surface area contributed by atoms with Crippen LogP contribution in [-0.2, 0) is 4.79 Å². The Hall–Kier alpha value is -2.91. The summed E-state index contributed by atoms with van der Waals surface area (Å²) in [6.45, 7) is 0. The molecule has 1 unspecified atom stereocenters. The molecule has 2 aliphatic rings. The van der Waals surface area contributed by atoms with Crippen LogP contribution < -0.4 is 5.32 Å². The Balaban J connectivity index is 1.47. The van der Waals surface area contributed by atoms with Gasteiger partial charge in [-0.05, 0) is 12.1 Å². The van der Waals surface area contributed by atoms with Gasteiger partial charge in [0, 0.05) is 30.3 Å². The Kier molecular flexibility index (Phi) is 5.01. The van der Waals surface area contributed by atoms with Crippen LogP contribution in [0.4, 0.5) is 17.1 Å². The number of nitro benzene ring substituents is 1. The number of carbonyl (C=O) groups excluding carboxylic acids is 1. The van der Waals surface area contributed by atoms with Gasteiger partial charge in [0.1, 0.15) is 0 Å². The van der Waals surface area contributed by atoms with E-state index in [1.54, 1.807) is 0 Å². The van der Waals surface area contributed by atoms with E-state index in [9.17, 15) is 14.9 Å². The summed E-state index contributed by atoms with van der Waals surface area (Å²) in [5.41, 5.74) is 2.04. The number of hydrazone groups is 1. The first-order chi connectivity index (χ1) is 13.5. The highest BCUT2D eigenvalue weighted by Crippen LogP contribution is 2.40. The smallest absolute Gasteiger partial charge is 0.271 e. The molecule has 4 rings (SSSR count). The number of nitrogens with zero attached hydrogens (tertiary/aromatic N) is 4. The predicted molar refractivity (Wildman–Crippen MR) is 110 cm³/mol. The first-order valence-corrected chi connectivity index (χ1v) is 9.75. The monoisotopic (exact) mass is 415 g/mol. The quantitative estimate of drug-likeness (QED) is 0.590. The van der Waals surface area contributed by atoms with Crippen LogP contribution in [0.15, 0.2) is 52.6 Å². The zero-order valence-corrected chi connectivity index (χ0v) is 16.0. The molecule has 1 atom stereocenters. The number of amides is 1. The standard InChI is InChI=1S/C18H14ClN5O3S/c19-13-6-5-11(24(26)27)9-15(13)21-17(25)10-28-18-22-14-4-2-1-3-12(14)16-7-8-20-23(16)18/h1-6,8-9,16H,7,10H2,(H,21,25). The van der Waals surface area contributed by atoms with Crippen molar-refractivity contribution in [3.05, 3.63) is 63.2 Å². The third-order valence-corrected chi connectivity index (χ3v) is 5.58. The average Bonchev–Trinajstić information content (AvgIpc) is 3.18. The van der Waals surface area contributed by atoms with Crippen molar-refractivity contribution in [3.8, 4) is 0 Å². The minimum atomic E-state index is -0.541. The van der Waals surface area contributed by atoms with Crippen molar-refractivity contribution in [2.75, 3.05) is 11.1 Å². The molecule has 0 bridgehead atoms. The number of aliphatic imine (C=N–C) groups is 1. The van der Waals surface area contributed by atoms with E-state index in [1.807, 2.05) is 35.5 Å². The number of nitro groups is 1. The molecule has 0 saturated heterocycles. The maximum atomic E-state index is 12.4. The van der Waals surface area contributed by atoms with E-state index in [0.717, 1.165) is 17.7 Å². The third-order valence-electron chi connectivity index (χ3n) is 4.30. The van der Waals surface area contributed by atoms with Gasteiger partial charge in [0.15, 0.2) is 5.17 Å². The normalized spacial score (nSPS) is 17.0. The SMILES string of the molecule is O=C(CSC1=Nc2ccccc2C2CC=NN12)Nc1cc([N+](=O)[O-])ccc1Cl. The van der Waals surface area contributed by atoms with Crippen LogP contribution in [0.3, 0.4) is 0 Å². The van der Waals surface area contributed by atoms with E-state index in [-0.39, 0.29) is 34.1 Å². The lowest BCUT2D eigenvalue weighted by atomic mass is 10.0. The molecule has 1 N–H and O–H groups in total. The number of thioether (sulfide) groups is 1. The van der Waals surface area contributed by atoms with E-state index in [4.69, 9.17) is 11.6 Å². The highest BCUT2D eigenvalue weighted by Gasteiger charge is 2.32. The lowest BCUT2D eigenvalue weighted by Crippen LogP contribution is -2.29. The number of non-ortho nitro benzene ring substituents is 1. The highest BCUT2D eigenvalue weighted by molar-refractivity contribution is 8.14. The summed E-state index contributed by atoms with van der Waals surface area (Å²) in [6, 6.07) is 11.9. The second kappa shape index (κ2) is 7.61. The minimum absolute atomic E-state index is 0.0682. The fourth-order valence-corrected chi connectivity index (χ4v) is 3.99. The number of para-hydroxylation sites is 1. The van der Waals surface area contributed by atoms with Crippen molar-refractivity contribution >= 4 is 57.7 Å². The molecule has 28 heavy (non-hydrogen) atoms. The lowest BCUT2D eigenvalue weighted by Gasteiger charge is -2.29. The topological polar surface area (TPSA) is 100 Å². The van der Waals surface area contributed by atoms with Gasteiger partial charge in [-0.25, -0.2) is 10.0 Å². The van der Waals surface area contributed by atoms with Crippen LogP contribution in [0.1, 0.15) is 18.0 Å². The van der Waals surface area contributed by atoms with Crippen molar-refractivity contribution < 1.29 is 9.72 Å². The molecule has 2 aromatic rings. The van der Waals surface area contributed by atoms with Gasteiger partial charge in [-0.1, -0.05) is 41.6 Å².